The third kappa shape index (κ3) is 5.70. The van der Waals surface area contributed by atoms with E-state index in [1.165, 1.54) is 25.5 Å². The van der Waals surface area contributed by atoms with Crippen molar-refractivity contribution in [1.82, 2.24) is 10.2 Å². The van der Waals surface area contributed by atoms with E-state index in [2.05, 4.69) is 31.0 Å². The van der Waals surface area contributed by atoms with Gasteiger partial charge in [-0.1, -0.05) is 27.2 Å². The molecule has 1 N–H and O–H groups in total. The van der Waals surface area contributed by atoms with Crippen molar-refractivity contribution in [2.75, 3.05) is 38.7 Å². The van der Waals surface area contributed by atoms with Gasteiger partial charge in [-0.15, -0.1) is 0 Å². The first-order valence-electron chi connectivity index (χ1n) is 7.75. The van der Waals surface area contributed by atoms with Gasteiger partial charge in [-0.05, 0) is 37.8 Å². The minimum atomic E-state index is -2.86. The second-order valence-corrected chi connectivity index (χ2v) is 9.33. The number of hydrogen-bond donors (Lipinski definition) is 1. The van der Waals surface area contributed by atoms with Crippen LogP contribution in [0, 0.1) is 11.3 Å². The Morgan fingerprint density at radius 2 is 2.00 bits per heavy atom. The first-order valence-corrected chi connectivity index (χ1v) is 9.81. The zero-order chi connectivity index (χ0) is 15.4. The summed E-state index contributed by atoms with van der Waals surface area (Å²) in [5.41, 5.74) is 0.330. The highest BCUT2D eigenvalue weighted by molar-refractivity contribution is 7.90. The van der Waals surface area contributed by atoms with E-state index in [9.17, 15) is 8.42 Å². The van der Waals surface area contributed by atoms with E-state index in [0.29, 0.717) is 23.9 Å². The maximum absolute atomic E-state index is 11.3. The SMILES string of the molecule is CCNC1C(CN(C)CCS(C)(=O)=O)CCCC1(C)C. The largest absolute Gasteiger partial charge is 0.313 e. The maximum Gasteiger partial charge on any atom is 0.148 e. The normalized spacial score (nSPS) is 26.9. The quantitative estimate of drug-likeness (QED) is 0.779. The summed E-state index contributed by atoms with van der Waals surface area (Å²) in [6.45, 7) is 9.48. The van der Waals surface area contributed by atoms with Gasteiger partial charge < -0.3 is 10.2 Å². The third-order valence-electron chi connectivity index (χ3n) is 4.52. The summed E-state index contributed by atoms with van der Waals surface area (Å²) in [4.78, 5) is 2.18. The Bertz CT molecular complexity index is 393. The Hall–Kier alpha value is -0.130. The molecule has 20 heavy (non-hydrogen) atoms. The van der Waals surface area contributed by atoms with E-state index in [0.717, 1.165) is 13.1 Å². The molecule has 4 nitrogen and oxygen atoms in total. The second kappa shape index (κ2) is 7.23. The van der Waals surface area contributed by atoms with Crippen LogP contribution in [0.4, 0.5) is 0 Å². The second-order valence-electron chi connectivity index (χ2n) is 7.07. The van der Waals surface area contributed by atoms with Crippen LogP contribution in [-0.4, -0.2) is 58.1 Å². The Morgan fingerprint density at radius 3 is 2.55 bits per heavy atom. The molecule has 2 unspecified atom stereocenters. The molecule has 0 radical (unpaired) electrons. The van der Waals surface area contributed by atoms with Crippen LogP contribution in [-0.2, 0) is 9.84 Å². The maximum atomic E-state index is 11.3. The lowest BCUT2D eigenvalue weighted by atomic mass is 9.67. The zero-order valence-corrected chi connectivity index (χ0v) is 14.6. The van der Waals surface area contributed by atoms with Crippen molar-refractivity contribution in [3.63, 3.8) is 0 Å². The fourth-order valence-electron chi connectivity index (χ4n) is 3.45. The summed E-state index contributed by atoms with van der Waals surface area (Å²) < 4.78 is 22.5. The van der Waals surface area contributed by atoms with E-state index in [1.54, 1.807) is 0 Å². The van der Waals surface area contributed by atoms with Crippen molar-refractivity contribution < 1.29 is 8.42 Å². The lowest BCUT2D eigenvalue weighted by molar-refractivity contribution is 0.0877. The van der Waals surface area contributed by atoms with Gasteiger partial charge in [0.05, 0.1) is 5.75 Å². The molecule has 5 heteroatoms. The van der Waals surface area contributed by atoms with Gasteiger partial charge >= 0.3 is 0 Å². The third-order valence-corrected chi connectivity index (χ3v) is 5.45. The summed E-state index contributed by atoms with van der Waals surface area (Å²) in [5, 5.41) is 3.66. The molecular weight excluding hydrogens is 272 g/mol. The van der Waals surface area contributed by atoms with Gasteiger partial charge in [0.25, 0.3) is 0 Å². The van der Waals surface area contributed by atoms with Gasteiger partial charge in [0.1, 0.15) is 9.84 Å². The predicted octanol–water partition coefficient (Wildman–Crippen LogP) is 1.77. The van der Waals surface area contributed by atoms with Gasteiger partial charge in [0, 0.05) is 25.4 Å². The Balaban J connectivity index is 2.59. The zero-order valence-electron chi connectivity index (χ0n) is 13.8. The molecule has 0 heterocycles. The minimum Gasteiger partial charge on any atom is -0.313 e. The van der Waals surface area contributed by atoms with Crippen molar-refractivity contribution >= 4 is 9.84 Å². The number of sulfone groups is 1. The molecule has 1 aliphatic carbocycles. The minimum absolute atomic E-state index is 0.255. The summed E-state index contributed by atoms with van der Waals surface area (Å²) in [6.07, 6.45) is 5.10. The average molecular weight is 305 g/mol. The highest BCUT2D eigenvalue weighted by Crippen LogP contribution is 2.39. The molecule has 2 atom stereocenters. The van der Waals surface area contributed by atoms with Crippen LogP contribution >= 0.6 is 0 Å². The molecule has 0 aromatic carbocycles. The lowest BCUT2D eigenvalue weighted by Gasteiger charge is -2.45. The Labute approximate surface area is 125 Å². The van der Waals surface area contributed by atoms with Crippen LogP contribution in [0.5, 0.6) is 0 Å². The fraction of sp³-hybridized carbons (Fsp3) is 1.00. The molecule has 1 rings (SSSR count). The molecular formula is C15H32N2O2S. The van der Waals surface area contributed by atoms with Gasteiger partial charge in [-0.2, -0.15) is 0 Å². The van der Waals surface area contributed by atoms with Gasteiger partial charge in [-0.3, -0.25) is 0 Å². The molecule has 0 amide bonds. The standard InChI is InChI=1S/C15H32N2O2S/c1-6-16-14-13(8-7-9-15(14,2)3)12-17(4)10-11-20(5,18)19/h13-14,16H,6-12H2,1-5H3. The summed E-state index contributed by atoms with van der Waals surface area (Å²) in [6, 6.07) is 0.530. The van der Waals surface area contributed by atoms with Crippen molar-refractivity contribution in [1.29, 1.82) is 0 Å². The molecule has 0 spiro atoms. The lowest BCUT2D eigenvalue weighted by Crippen LogP contribution is -2.52. The molecule has 0 aliphatic heterocycles. The fourth-order valence-corrected chi connectivity index (χ4v) is 4.10. The first-order chi connectivity index (χ1) is 9.15. The van der Waals surface area contributed by atoms with Gasteiger partial charge in [0.15, 0.2) is 0 Å². The topological polar surface area (TPSA) is 49.4 Å². The number of rotatable bonds is 7. The molecule has 0 aromatic rings. The Kier molecular flexibility index (Phi) is 6.48. The summed E-state index contributed by atoms with van der Waals surface area (Å²) in [5.74, 6) is 0.870. The van der Waals surface area contributed by atoms with Crippen LogP contribution in [0.25, 0.3) is 0 Å². The van der Waals surface area contributed by atoms with Gasteiger partial charge in [-0.25, -0.2) is 8.42 Å². The van der Waals surface area contributed by atoms with Crippen molar-refractivity contribution in [2.45, 2.75) is 46.1 Å². The van der Waals surface area contributed by atoms with Crippen LogP contribution < -0.4 is 5.32 Å². The predicted molar refractivity (Wildman–Crippen MR) is 85.8 cm³/mol. The van der Waals surface area contributed by atoms with E-state index >= 15 is 0 Å². The molecule has 1 fully saturated rings. The number of nitrogens with one attached hydrogen (secondary N) is 1. The average Bonchev–Trinajstić information content (AvgIpc) is 2.30. The van der Waals surface area contributed by atoms with Crippen molar-refractivity contribution in [3.05, 3.63) is 0 Å². The Morgan fingerprint density at radius 1 is 1.35 bits per heavy atom. The highest BCUT2D eigenvalue weighted by atomic mass is 32.2. The van der Waals surface area contributed by atoms with Crippen LogP contribution in [0.3, 0.4) is 0 Å². The molecule has 1 saturated carbocycles. The van der Waals surface area contributed by atoms with E-state index in [-0.39, 0.29) is 5.75 Å². The highest BCUT2D eigenvalue weighted by Gasteiger charge is 2.38. The number of hydrogen-bond acceptors (Lipinski definition) is 4. The van der Waals surface area contributed by atoms with Crippen LogP contribution in [0.2, 0.25) is 0 Å². The molecule has 0 aromatic heterocycles. The number of nitrogens with zero attached hydrogens (tertiary/aromatic N) is 1. The van der Waals surface area contributed by atoms with Crippen LogP contribution in [0.15, 0.2) is 0 Å². The first kappa shape index (κ1) is 17.9. The van der Waals surface area contributed by atoms with E-state index in [1.807, 2.05) is 7.05 Å². The molecule has 0 saturated heterocycles. The van der Waals surface area contributed by atoms with Crippen molar-refractivity contribution in [2.24, 2.45) is 11.3 Å². The van der Waals surface area contributed by atoms with Crippen molar-refractivity contribution in [3.8, 4) is 0 Å². The van der Waals surface area contributed by atoms with E-state index in [4.69, 9.17) is 0 Å². The molecule has 0 bridgehead atoms. The van der Waals surface area contributed by atoms with Crippen LogP contribution in [0.1, 0.15) is 40.0 Å². The summed E-state index contributed by atoms with van der Waals surface area (Å²) in [7, 11) is -0.826. The smallest absolute Gasteiger partial charge is 0.148 e. The molecule has 1 aliphatic rings. The monoisotopic (exact) mass is 304 g/mol. The summed E-state index contributed by atoms with van der Waals surface area (Å²) >= 11 is 0. The van der Waals surface area contributed by atoms with E-state index < -0.39 is 9.84 Å². The molecule has 120 valence electrons. The van der Waals surface area contributed by atoms with Gasteiger partial charge in [0.2, 0.25) is 0 Å².